The standard InChI is InChI=1S/C44H88N2O4/c1-4-7-9-11-13-15-17-19-21-23-25-27-29-31-33-35-38-40(47)43(49)45-42(37-6-3)46-44(50)41(48)39-36-34-32-30-28-26-24-22-20-18-16-14-12-10-8-5-2/h40-42,47-48H,4-39H2,1-3H3,(H,45,49)(H,46,50). The van der Waals surface area contributed by atoms with E-state index in [0.717, 1.165) is 44.9 Å². The Morgan fingerprint density at radius 1 is 0.340 bits per heavy atom. The van der Waals surface area contributed by atoms with E-state index in [9.17, 15) is 19.8 Å². The van der Waals surface area contributed by atoms with Crippen LogP contribution in [0.25, 0.3) is 0 Å². The minimum atomic E-state index is -1.06. The van der Waals surface area contributed by atoms with E-state index in [4.69, 9.17) is 0 Å². The summed E-state index contributed by atoms with van der Waals surface area (Å²) in [5.41, 5.74) is 0. The van der Waals surface area contributed by atoms with Gasteiger partial charge < -0.3 is 20.8 Å². The summed E-state index contributed by atoms with van der Waals surface area (Å²) in [6, 6.07) is 0. The molecule has 0 radical (unpaired) electrons. The van der Waals surface area contributed by atoms with E-state index in [1.54, 1.807) is 0 Å². The second-order valence-electron chi connectivity index (χ2n) is 15.6. The Morgan fingerprint density at radius 3 is 0.780 bits per heavy atom. The minimum Gasteiger partial charge on any atom is -0.383 e. The third-order valence-corrected chi connectivity index (χ3v) is 10.5. The summed E-state index contributed by atoms with van der Waals surface area (Å²) in [5, 5.41) is 26.5. The van der Waals surface area contributed by atoms with E-state index in [2.05, 4.69) is 24.5 Å². The van der Waals surface area contributed by atoms with Gasteiger partial charge in [-0.05, 0) is 19.3 Å². The molecule has 2 unspecified atom stereocenters. The normalized spacial score (nSPS) is 13.3. The maximum Gasteiger partial charge on any atom is 0.250 e. The van der Waals surface area contributed by atoms with Crippen LogP contribution < -0.4 is 10.6 Å². The quantitative estimate of drug-likeness (QED) is 0.0376. The van der Waals surface area contributed by atoms with E-state index >= 15 is 0 Å². The van der Waals surface area contributed by atoms with Crippen LogP contribution in [-0.4, -0.2) is 40.4 Å². The topological polar surface area (TPSA) is 98.7 Å². The van der Waals surface area contributed by atoms with E-state index in [-0.39, 0.29) is 0 Å². The van der Waals surface area contributed by atoms with Gasteiger partial charge in [0.05, 0.1) is 0 Å². The maximum atomic E-state index is 12.6. The summed E-state index contributed by atoms with van der Waals surface area (Å²) in [7, 11) is 0. The van der Waals surface area contributed by atoms with Crippen molar-refractivity contribution in [3.05, 3.63) is 0 Å². The van der Waals surface area contributed by atoms with Crippen LogP contribution >= 0.6 is 0 Å². The molecule has 0 aliphatic rings. The predicted molar refractivity (Wildman–Crippen MR) is 215 cm³/mol. The Labute approximate surface area is 311 Å². The molecule has 0 aromatic heterocycles. The highest BCUT2D eigenvalue weighted by atomic mass is 16.3. The number of nitrogens with one attached hydrogen (secondary N) is 2. The second-order valence-corrected chi connectivity index (χ2v) is 15.6. The van der Waals surface area contributed by atoms with E-state index < -0.39 is 30.2 Å². The molecule has 0 heterocycles. The van der Waals surface area contributed by atoms with Gasteiger partial charge in [0.1, 0.15) is 18.4 Å². The van der Waals surface area contributed by atoms with Crippen molar-refractivity contribution in [2.45, 2.75) is 270 Å². The monoisotopic (exact) mass is 709 g/mol. The summed E-state index contributed by atoms with van der Waals surface area (Å²) < 4.78 is 0. The molecule has 0 aromatic rings. The van der Waals surface area contributed by atoms with Crippen LogP contribution in [0.3, 0.4) is 0 Å². The van der Waals surface area contributed by atoms with Crippen molar-refractivity contribution in [3.8, 4) is 0 Å². The van der Waals surface area contributed by atoms with Gasteiger partial charge in [-0.15, -0.1) is 0 Å². The van der Waals surface area contributed by atoms with Crippen molar-refractivity contribution in [1.29, 1.82) is 0 Å². The smallest absolute Gasteiger partial charge is 0.250 e. The SMILES string of the molecule is CCCCCCCCCCCCCCCCCCC(O)C(=O)NC(CCC)NC(=O)C(O)CCCCCCCCCCCCCCCCCC. The largest absolute Gasteiger partial charge is 0.383 e. The first-order valence-electron chi connectivity index (χ1n) is 22.4. The molecule has 4 N–H and O–H groups in total. The van der Waals surface area contributed by atoms with Gasteiger partial charge in [-0.1, -0.05) is 233 Å². The highest BCUT2D eigenvalue weighted by Crippen LogP contribution is 2.16. The van der Waals surface area contributed by atoms with Crippen LogP contribution in [-0.2, 0) is 9.59 Å². The Morgan fingerprint density at radius 2 is 0.560 bits per heavy atom. The van der Waals surface area contributed by atoms with Crippen molar-refractivity contribution in [2.75, 3.05) is 0 Å². The molecule has 6 nitrogen and oxygen atoms in total. The zero-order valence-corrected chi connectivity index (χ0v) is 33.9. The van der Waals surface area contributed by atoms with Crippen molar-refractivity contribution < 1.29 is 19.8 Å². The van der Waals surface area contributed by atoms with E-state index in [1.165, 1.54) is 167 Å². The van der Waals surface area contributed by atoms with Gasteiger partial charge in [-0.2, -0.15) is 0 Å². The third-order valence-electron chi connectivity index (χ3n) is 10.5. The average Bonchev–Trinajstić information content (AvgIpc) is 3.11. The summed E-state index contributed by atoms with van der Waals surface area (Å²) >= 11 is 0. The lowest BCUT2D eigenvalue weighted by Crippen LogP contribution is -2.52. The van der Waals surface area contributed by atoms with Gasteiger partial charge in [0.25, 0.3) is 0 Å². The van der Waals surface area contributed by atoms with Crippen molar-refractivity contribution in [1.82, 2.24) is 10.6 Å². The highest BCUT2D eigenvalue weighted by molar-refractivity contribution is 5.83. The molecule has 2 amide bonds. The Balaban J connectivity index is 3.80. The maximum absolute atomic E-state index is 12.6. The van der Waals surface area contributed by atoms with Gasteiger partial charge in [0.15, 0.2) is 0 Å². The number of aliphatic hydroxyl groups excluding tert-OH is 2. The molecule has 0 aromatic carbocycles. The molecule has 0 aliphatic heterocycles. The molecule has 0 aliphatic carbocycles. The first-order valence-corrected chi connectivity index (χ1v) is 22.4. The molecule has 0 bridgehead atoms. The second kappa shape index (κ2) is 39.1. The van der Waals surface area contributed by atoms with Crippen molar-refractivity contribution in [3.63, 3.8) is 0 Å². The summed E-state index contributed by atoms with van der Waals surface area (Å²) in [4.78, 5) is 25.3. The van der Waals surface area contributed by atoms with Crippen LogP contribution in [0.4, 0.5) is 0 Å². The van der Waals surface area contributed by atoms with Crippen molar-refractivity contribution in [2.24, 2.45) is 0 Å². The van der Waals surface area contributed by atoms with E-state index in [1.807, 2.05) is 6.92 Å². The van der Waals surface area contributed by atoms with Crippen LogP contribution in [0.1, 0.15) is 252 Å². The fourth-order valence-electron chi connectivity index (χ4n) is 7.04. The van der Waals surface area contributed by atoms with Crippen LogP contribution in [0.5, 0.6) is 0 Å². The minimum absolute atomic E-state index is 0.433. The van der Waals surface area contributed by atoms with Gasteiger partial charge in [0.2, 0.25) is 11.8 Å². The fraction of sp³-hybridized carbons (Fsp3) is 0.955. The lowest BCUT2D eigenvalue weighted by molar-refractivity contribution is -0.133. The van der Waals surface area contributed by atoms with Crippen LogP contribution in [0.15, 0.2) is 0 Å². The molecular weight excluding hydrogens is 620 g/mol. The fourth-order valence-corrected chi connectivity index (χ4v) is 7.04. The number of hydrogen-bond acceptors (Lipinski definition) is 4. The summed E-state index contributed by atoms with van der Waals surface area (Å²) in [6.07, 6.45) is 40.9. The van der Waals surface area contributed by atoms with Crippen molar-refractivity contribution >= 4 is 11.8 Å². The number of unbranched alkanes of at least 4 members (excludes halogenated alkanes) is 30. The molecule has 6 heteroatoms. The molecule has 0 fully saturated rings. The molecule has 298 valence electrons. The van der Waals surface area contributed by atoms with Crippen LogP contribution in [0, 0.1) is 0 Å². The summed E-state index contributed by atoms with van der Waals surface area (Å²) in [5.74, 6) is -0.867. The lowest BCUT2D eigenvalue weighted by atomic mass is 10.0. The molecule has 0 saturated carbocycles. The Bertz CT molecular complexity index is 662. The molecule has 50 heavy (non-hydrogen) atoms. The van der Waals surface area contributed by atoms with Gasteiger partial charge >= 0.3 is 0 Å². The average molecular weight is 709 g/mol. The first kappa shape index (κ1) is 48.9. The van der Waals surface area contributed by atoms with Crippen LogP contribution in [0.2, 0.25) is 0 Å². The number of amides is 2. The van der Waals surface area contributed by atoms with Gasteiger partial charge in [0, 0.05) is 0 Å². The Kier molecular flexibility index (Phi) is 38.2. The first-order chi connectivity index (χ1) is 24.5. The van der Waals surface area contributed by atoms with Gasteiger partial charge in [-0.25, -0.2) is 0 Å². The number of carbonyl (C=O) groups is 2. The molecule has 0 rings (SSSR count). The zero-order chi connectivity index (χ0) is 36.8. The Hall–Kier alpha value is -1.14. The number of hydrogen-bond donors (Lipinski definition) is 4. The lowest BCUT2D eigenvalue weighted by Gasteiger charge is -2.23. The molecule has 2 atom stereocenters. The predicted octanol–water partition coefficient (Wildman–Crippen LogP) is 12.4. The number of rotatable bonds is 40. The molecule has 0 spiro atoms. The number of carbonyl (C=O) groups excluding carboxylic acids is 2. The molecule has 0 saturated heterocycles. The molecular formula is C44H88N2O4. The highest BCUT2D eigenvalue weighted by Gasteiger charge is 2.22. The summed E-state index contributed by atoms with van der Waals surface area (Å²) in [6.45, 7) is 6.54. The van der Waals surface area contributed by atoms with Gasteiger partial charge in [-0.3, -0.25) is 9.59 Å². The third kappa shape index (κ3) is 34.0. The van der Waals surface area contributed by atoms with E-state index in [0.29, 0.717) is 19.3 Å². The zero-order valence-electron chi connectivity index (χ0n) is 33.9. The number of aliphatic hydroxyl groups is 2.